The van der Waals surface area contributed by atoms with Crippen LogP contribution in [0.4, 0.5) is 14.5 Å². The first kappa shape index (κ1) is 13.0. The molecule has 0 amide bonds. The van der Waals surface area contributed by atoms with Crippen molar-refractivity contribution in [2.45, 2.75) is 26.8 Å². The third-order valence-corrected chi connectivity index (χ3v) is 3.89. The Labute approximate surface area is 109 Å². The number of hydrogen-bond donors (Lipinski definition) is 1. The minimum atomic E-state index is -0.456. The van der Waals surface area contributed by atoms with Crippen LogP contribution in [0.3, 0.4) is 0 Å². The molecule has 1 unspecified atom stereocenters. The summed E-state index contributed by atoms with van der Waals surface area (Å²) in [7, 11) is 0. The summed E-state index contributed by atoms with van der Waals surface area (Å²) in [5.41, 5.74) is 1.10. The summed E-state index contributed by atoms with van der Waals surface area (Å²) in [5.74, 6) is -0.912. The largest absolute Gasteiger partial charge is 0.375 e. The van der Waals surface area contributed by atoms with Gasteiger partial charge in [0.1, 0.15) is 11.6 Å². The second kappa shape index (κ2) is 5.02. The van der Waals surface area contributed by atoms with Crippen molar-refractivity contribution in [1.82, 2.24) is 4.98 Å². The highest BCUT2D eigenvalue weighted by molar-refractivity contribution is 7.11. The van der Waals surface area contributed by atoms with E-state index >= 15 is 0 Å². The zero-order chi connectivity index (χ0) is 13.3. The number of thiazole rings is 1. The lowest BCUT2D eigenvalue weighted by Crippen LogP contribution is -2.08. The Bertz CT molecular complexity index is 566. The molecule has 0 saturated heterocycles. The monoisotopic (exact) mass is 268 g/mol. The average Bonchev–Trinajstić information content (AvgIpc) is 2.63. The lowest BCUT2D eigenvalue weighted by Gasteiger charge is -2.15. The lowest BCUT2D eigenvalue weighted by molar-refractivity contribution is 0.600. The molecule has 1 heterocycles. The average molecular weight is 268 g/mol. The molecule has 2 aromatic rings. The van der Waals surface area contributed by atoms with Gasteiger partial charge in [0, 0.05) is 4.88 Å². The van der Waals surface area contributed by atoms with Gasteiger partial charge in [0.2, 0.25) is 0 Å². The molecule has 0 bridgehead atoms. The summed E-state index contributed by atoms with van der Waals surface area (Å²) >= 11 is 1.56. The number of hydrogen-bond acceptors (Lipinski definition) is 3. The summed E-state index contributed by atoms with van der Waals surface area (Å²) in [6.07, 6.45) is 0. The first-order chi connectivity index (χ1) is 8.47. The van der Waals surface area contributed by atoms with Crippen LogP contribution in [0.15, 0.2) is 18.2 Å². The van der Waals surface area contributed by atoms with Crippen molar-refractivity contribution in [1.29, 1.82) is 0 Å². The topological polar surface area (TPSA) is 24.9 Å². The summed E-state index contributed by atoms with van der Waals surface area (Å²) < 4.78 is 26.6. The Hall–Kier alpha value is -1.49. The summed E-state index contributed by atoms with van der Waals surface area (Å²) in [4.78, 5) is 5.36. The normalized spacial score (nSPS) is 12.5. The maximum Gasteiger partial charge on any atom is 0.146 e. The molecule has 2 rings (SSSR count). The van der Waals surface area contributed by atoms with Crippen LogP contribution in [-0.4, -0.2) is 4.98 Å². The maximum absolute atomic E-state index is 13.5. The van der Waals surface area contributed by atoms with Crippen molar-refractivity contribution in [3.05, 3.63) is 45.4 Å². The highest BCUT2D eigenvalue weighted by Crippen LogP contribution is 2.28. The van der Waals surface area contributed by atoms with Crippen molar-refractivity contribution < 1.29 is 8.78 Å². The smallest absolute Gasteiger partial charge is 0.146 e. The zero-order valence-corrected chi connectivity index (χ0v) is 11.2. The van der Waals surface area contributed by atoms with Crippen LogP contribution < -0.4 is 5.32 Å². The molecule has 2 nitrogen and oxygen atoms in total. The Morgan fingerprint density at radius 1 is 1.28 bits per heavy atom. The molecular weight excluding hydrogens is 254 g/mol. The SMILES string of the molecule is Cc1nc(C)c(C(C)Nc2cc(F)ccc2F)s1. The van der Waals surface area contributed by atoms with E-state index in [2.05, 4.69) is 10.3 Å². The first-order valence-corrected chi connectivity index (χ1v) is 6.44. The Morgan fingerprint density at radius 2 is 2.00 bits per heavy atom. The van der Waals surface area contributed by atoms with E-state index in [9.17, 15) is 8.78 Å². The standard InChI is InChI=1S/C13H14F2N2S/c1-7-13(18-9(3)16-7)8(2)17-12-6-10(14)4-5-11(12)15/h4-6,8,17H,1-3H3. The number of anilines is 1. The predicted molar refractivity (Wildman–Crippen MR) is 70.0 cm³/mol. The van der Waals surface area contributed by atoms with Crippen molar-refractivity contribution in [2.24, 2.45) is 0 Å². The molecule has 5 heteroatoms. The molecule has 0 radical (unpaired) electrons. The van der Waals surface area contributed by atoms with Gasteiger partial charge in [-0.15, -0.1) is 11.3 Å². The van der Waals surface area contributed by atoms with Crippen molar-refractivity contribution in [3.8, 4) is 0 Å². The lowest BCUT2D eigenvalue weighted by atomic mass is 10.2. The van der Waals surface area contributed by atoms with E-state index in [0.29, 0.717) is 0 Å². The fourth-order valence-corrected chi connectivity index (χ4v) is 2.79. The van der Waals surface area contributed by atoms with Gasteiger partial charge < -0.3 is 5.32 Å². The molecule has 0 aliphatic carbocycles. The Balaban J connectivity index is 2.23. The van der Waals surface area contributed by atoms with E-state index in [0.717, 1.165) is 33.8 Å². The minimum Gasteiger partial charge on any atom is -0.375 e. The Kier molecular flexibility index (Phi) is 3.61. The molecule has 0 aliphatic rings. The third kappa shape index (κ3) is 2.67. The van der Waals surface area contributed by atoms with Gasteiger partial charge in [-0.25, -0.2) is 13.8 Å². The molecule has 18 heavy (non-hydrogen) atoms. The van der Waals surface area contributed by atoms with Gasteiger partial charge in [0.25, 0.3) is 0 Å². The number of nitrogens with one attached hydrogen (secondary N) is 1. The minimum absolute atomic E-state index is 0.104. The molecule has 0 fully saturated rings. The maximum atomic E-state index is 13.5. The van der Waals surface area contributed by atoms with E-state index in [1.54, 1.807) is 11.3 Å². The Morgan fingerprint density at radius 3 is 2.61 bits per heavy atom. The predicted octanol–water partition coefficient (Wildman–Crippen LogP) is 4.21. The molecular formula is C13H14F2N2S. The molecule has 1 atom stereocenters. The number of rotatable bonds is 3. The fourth-order valence-electron chi connectivity index (χ4n) is 1.86. The van der Waals surface area contributed by atoms with E-state index in [1.165, 1.54) is 0 Å². The van der Waals surface area contributed by atoms with Crippen molar-refractivity contribution in [2.75, 3.05) is 5.32 Å². The number of benzene rings is 1. The molecule has 1 N–H and O–H groups in total. The quantitative estimate of drug-likeness (QED) is 0.902. The number of aryl methyl sites for hydroxylation is 2. The van der Waals surface area contributed by atoms with Gasteiger partial charge >= 0.3 is 0 Å². The molecule has 0 aliphatic heterocycles. The summed E-state index contributed by atoms with van der Waals surface area (Å²) in [5, 5.41) is 3.95. The third-order valence-electron chi connectivity index (χ3n) is 2.63. The summed E-state index contributed by atoms with van der Waals surface area (Å²) in [6.45, 7) is 5.75. The highest BCUT2D eigenvalue weighted by Gasteiger charge is 2.14. The van der Waals surface area contributed by atoms with Crippen molar-refractivity contribution >= 4 is 17.0 Å². The van der Waals surface area contributed by atoms with Gasteiger partial charge in [-0.3, -0.25) is 0 Å². The molecule has 0 saturated carbocycles. The molecule has 1 aromatic carbocycles. The number of halogens is 2. The fraction of sp³-hybridized carbons (Fsp3) is 0.308. The first-order valence-electron chi connectivity index (χ1n) is 5.63. The second-order valence-electron chi connectivity index (χ2n) is 4.17. The van der Waals surface area contributed by atoms with Gasteiger partial charge in [-0.2, -0.15) is 0 Å². The van der Waals surface area contributed by atoms with Gasteiger partial charge in [0.15, 0.2) is 0 Å². The number of aromatic nitrogens is 1. The van der Waals surface area contributed by atoms with Crippen LogP contribution >= 0.6 is 11.3 Å². The van der Waals surface area contributed by atoms with Crippen LogP contribution in [0.2, 0.25) is 0 Å². The number of nitrogens with zero attached hydrogens (tertiary/aromatic N) is 1. The van der Waals surface area contributed by atoms with E-state index < -0.39 is 11.6 Å². The summed E-state index contributed by atoms with van der Waals surface area (Å²) in [6, 6.07) is 3.28. The van der Waals surface area contributed by atoms with E-state index in [1.807, 2.05) is 20.8 Å². The van der Waals surface area contributed by atoms with Gasteiger partial charge in [-0.1, -0.05) is 0 Å². The van der Waals surface area contributed by atoms with E-state index in [-0.39, 0.29) is 11.7 Å². The van der Waals surface area contributed by atoms with Crippen molar-refractivity contribution in [3.63, 3.8) is 0 Å². The zero-order valence-electron chi connectivity index (χ0n) is 10.4. The van der Waals surface area contributed by atoms with Crippen LogP contribution in [0.1, 0.15) is 28.5 Å². The van der Waals surface area contributed by atoms with Crippen LogP contribution in [-0.2, 0) is 0 Å². The van der Waals surface area contributed by atoms with Crippen LogP contribution in [0.5, 0.6) is 0 Å². The second-order valence-corrected chi connectivity index (χ2v) is 5.41. The highest BCUT2D eigenvalue weighted by atomic mass is 32.1. The molecule has 1 aromatic heterocycles. The molecule has 0 spiro atoms. The van der Waals surface area contributed by atoms with E-state index in [4.69, 9.17) is 0 Å². The van der Waals surface area contributed by atoms with Crippen LogP contribution in [0.25, 0.3) is 0 Å². The van der Waals surface area contributed by atoms with Gasteiger partial charge in [0.05, 0.1) is 22.4 Å². The van der Waals surface area contributed by atoms with Crippen LogP contribution in [0, 0.1) is 25.5 Å². The molecule has 96 valence electrons. The van der Waals surface area contributed by atoms with Gasteiger partial charge in [-0.05, 0) is 39.0 Å².